The second kappa shape index (κ2) is 7.14. The molecule has 0 amide bonds. The van der Waals surface area contributed by atoms with E-state index in [0.29, 0.717) is 11.4 Å². The van der Waals surface area contributed by atoms with Crippen LogP contribution in [0, 0.1) is 0 Å². The topological polar surface area (TPSA) is 47.6 Å². The second-order valence-electron chi connectivity index (χ2n) is 4.27. The molecule has 1 N–H and O–H groups in total. The predicted octanol–water partition coefficient (Wildman–Crippen LogP) is 3.32. The van der Waals surface area contributed by atoms with Gasteiger partial charge in [0, 0.05) is 17.3 Å². The van der Waals surface area contributed by atoms with Crippen molar-refractivity contribution < 1.29 is 14.3 Å². The molecule has 0 unspecified atom stereocenters. The third-order valence-electron chi connectivity index (χ3n) is 2.91. The van der Waals surface area contributed by atoms with E-state index in [1.807, 2.05) is 54.6 Å². The molecule has 0 fully saturated rings. The van der Waals surface area contributed by atoms with Crippen LogP contribution in [0.15, 0.2) is 60.7 Å². The molecule has 0 radical (unpaired) electrons. The highest BCUT2D eigenvalue weighted by atomic mass is 16.5. The number of anilines is 1. The molecule has 2 rings (SSSR count). The number of hydrogen-bond acceptors (Lipinski definition) is 4. The van der Waals surface area contributed by atoms with E-state index in [-0.39, 0.29) is 0 Å². The summed E-state index contributed by atoms with van der Waals surface area (Å²) in [6.45, 7) is 0. The van der Waals surface area contributed by atoms with Gasteiger partial charge in [-0.25, -0.2) is 4.79 Å². The summed E-state index contributed by atoms with van der Waals surface area (Å²) >= 11 is 0. The number of ether oxygens (including phenoxy) is 2. The van der Waals surface area contributed by atoms with Crippen LogP contribution < -0.4 is 10.1 Å². The smallest absolute Gasteiger partial charge is 0.332 e. The molecule has 2 aromatic carbocycles. The van der Waals surface area contributed by atoms with Crippen LogP contribution >= 0.6 is 0 Å². The molecule has 0 aliphatic carbocycles. The van der Waals surface area contributed by atoms with E-state index in [0.717, 1.165) is 11.3 Å². The van der Waals surface area contributed by atoms with Gasteiger partial charge in [0.05, 0.1) is 19.9 Å². The van der Waals surface area contributed by atoms with Gasteiger partial charge in [-0.1, -0.05) is 30.3 Å². The van der Waals surface area contributed by atoms with E-state index in [1.165, 1.54) is 13.2 Å². The molecule has 0 spiro atoms. The Morgan fingerprint density at radius 3 is 2.33 bits per heavy atom. The third kappa shape index (κ3) is 3.86. The van der Waals surface area contributed by atoms with E-state index in [4.69, 9.17) is 9.47 Å². The lowest BCUT2D eigenvalue weighted by atomic mass is 10.1. The molecule has 4 heteroatoms. The maximum absolute atomic E-state index is 11.6. The van der Waals surface area contributed by atoms with Gasteiger partial charge in [-0.3, -0.25) is 0 Å². The molecule has 0 saturated carbocycles. The molecule has 2 aromatic rings. The van der Waals surface area contributed by atoms with Crippen molar-refractivity contribution in [2.24, 2.45) is 0 Å². The quantitative estimate of drug-likeness (QED) is 0.675. The molecule has 21 heavy (non-hydrogen) atoms. The number of benzene rings is 2. The van der Waals surface area contributed by atoms with Crippen LogP contribution in [0.3, 0.4) is 0 Å². The molecule has 0 saturated heterocycles. The summed E-state index contributed by atoms with van der Waals surface area (Å²) in [4.78, 5) is 11.6. The normalized spacial score (nSPS) is 10.9. The number of methoxy groups -OCH3 is 2. The molecule has 0 atom stereocenters. The van der Waals surface area contributed by atoms with Gasteiger partial charge in [0.1, 0.15) is 5.75 Å². The Balaban J connectivity index is 2.41. The van der Waals surface area contributed by atoms with E-state index in [2.05, 4.69) is 5.32 Å². The summed E-state index contributed by atoms with van der Waals surface area (Å²) in [5.41, 5.74) is 2.28. The summed E-state index contributed by atoms with van der Waals surface area (Å²) in [7, 11) is 2.94. The lowest BCUT2D eigenvalue weighted by Crippen LogP contribution is -2.05. The lowest BCUT2D eigenvalue weighted by molar-refractivity contribution is -0.134. The van der Waals surface area contributed by atoms with Crippen LogP contribution in [0.25, 0.3) is 5.70 Å². The van der Waals surface area contributed by atoms with Gasteiger partial charge < -0.3 is 14.8 Å². The Labute approximate surface area is 124 Å². The van der Waals surface area contributed by atoms with Crippen LogP contribution in [-0.2, 0) is 9.53 Å². The minimum atomic E-state index is -0.431. The zero-order valence-corrected chi connectivity index (χ0v) is 12.0. The van der Waals surface area contributed by atoms with Crippen molar-refractivity contribution in [3.63, 3.8) is 0 Å². The van der Waals surface area contributed by atoms with E-state index < -0.39 is 5.97 Å². The number of carbonyl (C=O) groups excluding carboxylic acids is 1. The Morgan fingerprint density at radius 1 is 1.00 bits per heavy atom. The molecule has 108 valence electrons. The van der Waals surface area contributed by atoms with Crippen molar-refractivity contribution in [2.75, 3.05) is 19.5 Å². The number of nitrogens with one attached hydrogen (secondary N) is 1. The Morgan fingerprint density at radius 2 is 1.67 bits per heavy atom. The second-order valence-corrected chi connectivity index (χ2v) is 4.27. The van der Waals surface area contributed by atoms with Crippen molar-refractivity contribution in [1.82, 2.24) is 0 Å². The fourth-order valence-electron chi connectivity index (χ4n) is 1.90. The summed E-state index contributed by atoms with van der Waals surface area (Å²) in [6, 6.07) is 17.1. The van der Waals surface area contributed by atoms with Crippen molar-refractivity contribution >= 4 is 17.4 Å². The minimum absolute atomic E-state index is 0.431. The highest BCUT2D eigenvalue weighted by Crippen LogP contribution is 2.27. The first-order chi connectivity index (χ1) is 10.2. The zero-order chi connectivity index (χ0) is 15.1. The van der Waals surface area contributed by atoms with Crippen molar-refractivity contribution in [3.05, 3.63) is 66.2 Å². The van der Waals surface area contributed by atoms with Gasteiger partial charge in [-0.15, -0.1) is 0 Å². The van der Waals surface area contributed by atoms with Gasteiger partial charge in [-0.2, -0.15) is 0 Å². The van der Waals surface area contributed by atoms with Crippen LogP contribution in [0.2, 0.25) is 0 Å². The van der Waals surface area contributed by atoms with Gasteiger partial charge in [0.25, 0.3) is 0 Å². The summed E-state index contributed by atoms with van der Waals surface area (Å²) < 4.78 is 10.1. The number of esters is 1. The maximum atomic E-state index is 11.6. The zero-order valence-electron chi connectivity index (χ0n) is 12.0. The fourth-order valence-corrected chi connectivity index (χ4v) is 1.90. The number of para-hydroxylation sites is 2. The first kappa shape index (κ1) is 14.7. The first-order valence-corrected chi connectivity index (χ1v) is 6.49. The van der Waals surface area contributed by atoms with Crippen LogP contribution in [0.1, 0.15) is 5.56 Å². The van der Waals surface area contributed by atoms with Crippen LogP contribution in [0.4, 0.5) is 5.69 Å². The Hall–Kier alpha value is -2.75. The Kier molecular flexibility index (Phi) is 4.99. The highest BCUT2D eigenvalue weighted by molar-refractivity contribution is 5.95. The van der Waals surface area contributed by atoms with Crippen molar-refractivity contribution in [3.8, 4) is 5.75 Å². The van der Waals surface area contributed by atoms with Gasteiger partial charge in [0.15, 0.2) is 0 Å². The summed E-state index contributed by atoms with van der Waals surface area (Å²) in [5.74, 6) is 0.246. The van der Waals surface area contributed by atoms with E-state index >= 15 is 0 Å². The van der Waals surface area contributed by atoms with Crippen LogP contribution in [0.5, 0.6) is 5.75 Å². The first-order valence-electron chi connectivity index (χ1n) is 6.49. The molecule has 0 aliphatic heterocycles. The molecule has 0 heterocycles. The number of hydrogen-bond donors (Lipinski definition) is 1. The minimum Gasteiger partial charge on any atom is -0.496 e. The van der Waals surface area contributed by atoms with Crippen molar-refractivity contribution in [2.45, 2.75) is 0 Å². The summed E-state index contributed by atoms with van der Waals surface area (Å²) in [6.07, 6.45) is 1.41. The summed E-state index contributed by atoms with van der Waals surface area (Å²) in [5, 5.41) is 3.22. The molecular formula is C17H17NO3. The van der Waals surface area contributed by atoms with Crippen LogP contribution in [-0.4, -0.2) is 20.2 Å². The molecule has 0 aromatic heterocycles. The monoisotopic (exact) mass is 283 g/mol. The average Bonchev–Trinajstić information content (AvgIpc) is 2.55. The molecular weight excluding hydrogens is 266 g/mol. The molecule has 0 aliphatic rings. The Bertz CT molecular complexity index is 635. The maximum Gasteiger partial charge on any atom is 0.332 e. The van der Waals surface area contributed by atoms with E-state index in [1.54, 1.807) is 7.11 Å². The number of carbonyl (C=O) groups is 1. The lowest BCUT2D eigenvalue weighted by Gasteiger charge is -2.14. The van der Waals surface area contributed by atoms with Gasteiger partial charge in [0.2, 0.25) is 0 Å². The predicted molar refractivity (Wildman–Crippen MR) is 83.1 cm³/mol. The molecule has 4 nitrogen and oxygen atoms in total. The highest BCUT2D eigenvalue weighted by Gasteiger charge is 2.10. The van der Waals surface area contributed by atoms with Gasteiger partial charge >= 0.3 is 5.97 Å². The average molecular weight is 283 g/mol. The standard InChI is InChI=1S/C17H17NO3/c1-20-16-11-7-6-10-14(16)15(12-17(19)21-2)18-13-8-4-3-5-9-13/h3-12,18H,1-2H3/b15-12-. The molecule has 0 bridgehead atoms. The van der Waals surface area contributed by atoms with Crippen molar-refractivity contribution in [1.29, 1.82) is 0 Å². The fraction of sp³-hybridized carbons (Fsp3) is 0.118. The SMILES string of the molecule is COC(=O)/C=C(\Nc1ccccc1)c1ccccc1OC. The number of rotatable bonds is 5. The van der Waals surface area contributed by atoms with Gasteiger partial charge in [-0.05, 0) is 24.3 Å². The van der Waals surface area contributed by atoms with E-state index in [9.17, 15) is 4.79 Å². The third-order valence-corrected chi connectivity index (χ3v) is 2.91. The largest absolute Gasteiger partial charge is 0.496 e.